The number of halogens is 2. The monoisotopic (exact) mass is 285 g/mol. The van der Waals surface area contributed by atoms with Crippen molar-refractivity contribution in [2.45, 2.75) is 46.3 Å². The van der Waals surface area contributed by atoms with E-state index in [4.69, 9.17) is 4.74 Å². The molecule has 1 N–H and O–H groups in total. The van der Waals surface area contributed by atoms with Gasteiger partial charge in [0.2, 0.25) is 0 Å². The number of nitrogens with one attached hydrogen (secondary N) is 1. The predicted molar refractivity (Wildman–Crippen MR) is 77.8 cm³/mol. The van der Waals surface area contributed by atoms with Crippen molar-refractivity contribution in [3.8, 4) is 0 Å². The lowest BCUT2D eigenvalue weighted by atomic mass is 9.82. The SMILES string of the molecule is CCOC(C(Cc1cc(F)cc(F)c1)NC)C(C)(C)C. The first kappa shape index (κ1) is 17.1. The van der Waals surface area contributed by atoms with Crippen LogP contribution in [-0.4, -0.2) is 25.8 Å². The van der Waals surface area contributed by atoms with E-state index in [1.54, 1.807) is 0 Å². The maximum absolute atomic E-state index is 13.3. The van der Waals surface area contributed by atoms with Crippen LogP contribution in [0.1, 0.15) is 33.3 Å². The zero-order valence-electron chi connectivity index (χ0n) is 13.0. The molecule has 1 aromatic rings. The molecule has 0 aliphatic carbocycles. The molecule has 2 atom stereocenters. The van der Waals surface area contributed by atoms with Gasteiger partial charge in [-0.1, -0.05) is 20.8 Å². The quantitative estimate of drug-likeness (QED) is 0.863. The Balaban J connectivity index is 2.93. The maximum Gasteiger partial charge on any atom is 0.126 e. The Labute approximate surface area is 120 Å². The van der Waals surface area contributed by atoms with Crippen LogP contribution >= 0.6 is 0 Å². The van der Waals surface area contributed by atoms with Crippen LogP contribution in [0.2, 0.25) is 0 Å². The summed E-state index contributed by atoms with van der Waals surface area (Å²) < 4.78 is 32.4. The van der Waals surface area contributed by atoms with Crippen LogP contribution in [0.3, 0.4) is 0 Å². The third kappa shape index (κ3) is 4.84. The van der Waals surface area contributed by atoms with Crippen molar-refractivity contribution < 1.29 is 13.5 Å². The molecule has 0 saturated carbocycles. The highest BCUT2D eigenvalue weighted by Crippen LogP contribution is 2.27. The molecule has 0 bridgehead atoms. The summed E-state index contributed by atoms with van der Waals surface area (Å²) in [5.41, 5.74) is 0.575. The minimum atomic E-state index is -0.543. The van der Waals surface area contributed by atoms with Gasteiger partial charge in [-0.2, -0.15) is 0 Å². The number of rotatable bonds is 6. The van der Waals surface area contributed by atoms with Crippen molar-refractivity contribution in [1.82, 2.24) is 5.32 Å². The molecule has 0 spiro atoms. The van der Waals surface area contributed by atoms with Gasteiger partial charge in [-0.05, 0) is 43.5 Å². The Morgan fingerprint density at radius 1 is 1.15 bits per heavy atom. The molecule has 4 heteroatoms. The molecule has 1 rings (SSSR count). The molecule has 0 aromatic heterocycles. The van der Waals surface area contributed by atoms with Gasteiger partial charge in [0, 0.05) is 18.7 Å². The van der Waals surface area contributed by atoms with Crippen molar-refractivity contribution in [3.05, 3.63) is 35.4 Å². The van der Waals surface area contributed by atoms with E-state index in [0.717, 1.165) is 6.07 Å². The Morgan fingerprint density at radius 3 is 2.10 bits per heavy atom. The fourth-order valence-electron chi connectivity index (χ4n) is 2.49. The van der Waals surface area contributed by atoms with E-state index in [2.05, 4.69) is 26.1 Å². The van der Waals surface area contributed by atoms with Crippen molar-refractivity contribution in [2.24, 2.45) is 5.41 Å². The van der Waals surface area contributed by atoms with E-state index < -0.39 is 11.6 Å². The summed E-state index contributed by atoms with van der Waals surface area (Å²) in [5.74, 6) is -1.09. The van der Waals surface area contributed by atoms with Crippen LogP contribution in [0.4, 0.5) is 8.78 Å². The Morgan fingerprint density at radius 2 is 1.70 bits per heavy atom. The van der Waals surface area contributed by atoms with Crippen molar-refractivity contribution >= 4 is 0 Å². The van der Waals surface area contributed by atoms with E-state index in [9.17, 15) is 8.78 Å². The summed E-state index contributed by atoms with van der Waals surface area (Å²) >= 11 is 0. The number of ether oxygens (including phenoxy) is 1. The normalized spacial score (nSPS) is 15.2. The summed E-state index contributed by atoms with van der Waals surface area (Å²) in [4.78, 5) is 0. The average molecular weight is 285 g/mol. The fraction of sp³-hybridized carbons (Fsp3) is 0.625. The lowest BCUT2D eigenvalue weighted by Crippen LogP contribution is -2.48. The van der Waals surface area contributed by atoms with Gasteiger partial charge >= 0.3 is 0 Å². The Bertz CT molecular complexity index is 409. The van der Waals surface area contributed by atoms with Crippen LogP contribution < -0.4 is 5.32 Å². The van der Waals surface area contributed by atoms with Crippen molar-refractivity contribution in [3.63, 3.8) is 0 Å². The first-order valence-corrected chi connectivity index (χ1v) is 7.01. The molecule has 2 unspecified atom stereocenters. The molecular weight excluding hydrogens is 260 g/mol. The molecule has 0 radical (unpaired) electrons. The van der Waals surface area contributed by atoms with Crippen LogP contribution in [0, 0.1) is 17.0 Å². The highest BCUT2D eigenvalue weighted by Gasteiger charge is 2.32. The minimum absolute atomic E-state index is 0.00356. The second-order valence-corrected chi connectivity index (χ2v) is 6.12. The Kier molecular flexibility index (Phi) is 6.08. The molecule has 0 fully saturated rings. The van der Waals surface area contributed by atoms with E-state index in [-0.39, 0.29) is 17.6 Å². The number of likely N-dealkylation sites (N-methyl/N-ethyl adjacent to an activating group) is 1. The van der Waals surface area contributed by atoms with Gasteiger partial charge < -0.3 is 10.1 Å². The van der Waals surface area contributed by atoms with Gasteiger partial charge in [0.15, 0.2) is 0 Å². The molecule has 0 aliphatic heterocycles. The summed E-state index contributed by atoms with van der Waals surface area (Å²) in [6.45, 7) is 8.86. The largest absolute Gasteiger partial charge is 0.376 e. The third-order valence-corrected chi connectivity index (χ3v) is 3.31. The van der Waals surface area contributed by atoms with Crippen LogP contribution in [-0.2, 0) is 11.2 Å². The second kappa shape index (κ2) is 7.14. The number of benzene rings is 1. The Hall–Kier alpha value is -1.00. The molecular formula is C16H25F2NO. The summed E-state index contributed by atoms with van der Waals surface area (Å²) in [6, 6.07) is 3.64. The third-order valence-electron chi connectivity index (χ3n) is 3.31. The second-order valence-electron chi connectivity index (χ2n) is 6.12. The first-order valence-electron chi connectivity index (χ1n) is 7.01. The topological polar surface area (TPSA) is 21.3 Å². The fourth-order valence-corrected chi connectivity index (χ4v) is 2.49. The molecule has 2 nitrogen and oxygen atoms in total. The van der Waals surface area contributed by atoms with Crippen LogP contribution in [0.25, 0.3) is 0 Å². The van der Waals surface area contributed by atoms with Crippen molar-refractivity contribution in [2.75, 3.05) is 13.7 Å². The van der Waals surface area contributed by atoms with Crippen molar-refractivity contribution in [1.29, 1.82) is 0 Å². The summed E-state index contributed by atoms with van der Waals surface area (Å²) in [6.07, 6.45) is 0.483. The van der Waals surface area contributed by atoms with Gasteiger partial charge in [0.05, 0.1) is 6.10 Å². The lowest BCUT2D eigenvalue weighted by molar-refractivity contribution is -0.0340. The summed E-state index contributed by atoms with van der Waals surface area (Å²) in [7, 11) is 1.85. The molecule has 0 saturated heterocycles. The highest BCUT2D eigenvalue weighted by molar-refractivity contribution is 5.19. The standard InChI is InChI=1S/C16H25F2NO/c1-6-20-15(16(2,3)4)14(19-5)9-11-7-12(17)10-13(18)8-11/h7-8,10,14-15,19H,6,9H2,1-5H3. The highest BCUT2D eigenvalue weighted by atomic mass is 19.1. The van der Waals surface area contributed by atoms with Gasteiger partial charge in [-0.25, -0.2) is 8.78 Å². The van der Waals surface area contributed by atoms with Crippen LogP contribution in [0.15, 0.2) is 18.2 Å². The van der Waals surface area contributed by atoms with Crippen LogP contribution in [0.5, 0.6) is 0 Å². The van der Waals surface area contributed by atoms with Gasteiger partial charge in [0.25, 0.3) is 0 Å². The molecule has 20 heavy (non-hydrogen) atoms. The molecule has 114 valence electrons. The lowest BCUT2D eigenvalue weighted by Gasteiger charge is -2.36. The van der Waals surface area contributed by atoms with Gasteiger partial charge in [0.1, 0.15) is 11.6 Å². The van der Waals surface area contributed by atoms with Gasteiger partial charge in [-0.15, -0.1) is 0 Å². The van der Waals surface area contributed by atoms with E-state index in [1.165, 1.54) is 12.1 Å². The number of hydrogen-bond acceptors (Lipinski definition) is 2. The molecule has 1 aromatic carbocycles. The van der Waals surface area contributed by atoms with E-state index in [0.29, 0.717) is 18.6 Å². The zero-order chi connectivity index (χ0) is 15.3. The van der Waals surface area contributed by atoms with E-state index >= 15 is 0 Å². The van der Waals surface area contributed by atoms with E-state index in [1.807, 2.05) is 14.0 Å². The number of hydrogen-bond donors (Lipinski definition) is 1. The van der Waals surface area contributed by atoms with Gasteiger partial charge in [-0.3, -0.25) is 0 Å². The summed E-state index contributed by atoms with van der Waals surface area (Å²) in [5, 5.41) is 3.21. The average Bonchev–Trinajstić information content (AvgIpc) is 2.31. The predicted octanol–water partition coefficient (Wildman–Crippen LogP) is 3.55. The molecule has 0 amide bonds. The molecule has 0 aliphatic rings. The minimum Gasteiger partial charge on any atom is -0.376 e. The smallest absolute Gasteiger partial charge is 0.126 e. The maximum atomic E-state index is 13.3. The molecule has 0 heterocycles. The zero-order valence-corrected chi connectivity index (χ0v) is 13.0. The first-order chi connectivity index (χ1) is 9.27.